The molecule has 1 aromatic rings. The summed E-state index contributed by atoms with van der Waals surface area (Å²) in [7, 11) is 0. The average Bonchev–Trinajstić information content (AvgIpc) is 2.75. The van der Waals surface area contributed by atoms with Crippen LogP contribution >= 0.6 is 0 Å². The Kier molecular flexibility index (Phi) is 3.80. The maximum absolute atomic E-state index is 12.0. The van der Waals surface area contributed by atoms with Crippen molar-refractivity contribution < 1.29 is 9.72 Å². The summed E-state index contributed by atoms with van der Waals surface area (Å²) < 4.78 is 0. The highest BCUT2D eigenvalue weighted by Gasteiger charge is 2.29. The molecule has 102 valence electrons. The van der Waals surface area contributed by atoms with Crippen LogP contribution in [0.2, 0.25) is 0 Å². The highest BCUT2D eigenvalue weighted by molar-refractivity contribution is 5.95. The molecular weight excluding hydrogens is 246 g/mol. The van der Waals surface area contributed by atoms with Gasteiger partial charge in [0.05, 0.1) is 11.0 Å². The van der Waals surface area contributed by atoms with E-state index in [1.54, 1.807) is 19.1 Å². The molecule has 0 spiro atoms. The highest BCUT2D eigenvalue weighted by atomic mass is 16.6. The number of carbonyl (C=O) groups excluding carboxylic acids is 1. The molecule has 0 radical (unpaired) electrons. The zero-order valence-electron chi connectivity index (χ0n) is 11.0. The summed E-state index contributed by atoms with van der Waals surface area (Å²) in [6, 6.07) is 4.41. The Morgan fingerprint density at radius 3 is 2.79 bits per heavy atom. The zero-order chi connectivity index (χ0) is 14.0. The van der Waals surface area contributed by atoms with Crippen LogP contribution in [0.25, 0.3) is 0 Å². The van der Waals surface area contributed by atoms with Crippen molar-refractivity contribution in [1.82, 2.24) is 5.32 Å². The number of benzene rings is 1. The number of hydrogen-bond acceptors (Lipinski definition) is 4. The van der Waals surface area contributed by atoms with E-state index in [0.717, 1.165) is 13.0 Å². The van der Waals surface area contributed by atoms with Gasteiger partial charge < -0.3 is 10.6 Å². The summed E-state index contributed by atoms with van der Waals surface area (Å²) in [5.74, 6) is 0.220. The van der Waals surface area contributed by atoms with E-state index in [9.17, 15) is 14.9 Å². The second-order valence-electron chi connectivity index (χ2n) is 4.95. The van der Waals surface area contributed by atoms with Gasteiger partial charge in [-0.3, -0.25) is 14.9 Å². The third-order valence-electron chi connectivity index (χ3n) is 3.48. The van der Waals surface area contributed by atoms with Gasteiger partial charge >= 0.3 is 0 Å². The van der Waals surface area contributed by atoms with E-state index in [1.807, 2.05) is 6.92 Å². The summed E-state index contributed by atoms with van der Waals surface area (Å²) in [4.78, 5) is 22.3. The minimum absolute atomic E-state index is 0.0605. The van der Waals surface area contributed by atoms with E-state index >= 15 is 0 Å². The lowest BCUT2D eigenvalue weighted by atomic mass is 10.0. The van der Waals surface area contributed by atoms with Gasteiger partial charge in [-0.05, 0) is 37.9 Å². The maximum Gasteiger partial charge on any atom is 0.272 e. The van der Waals surface area contributed by atoms with E-state index in [0.29, 0.717) is 17.2 Å². The Hall–Kier alpha value is -1.95. The van der Waals surface area contributed by atoms with Crippen LogP contribution in [-0.2, 0) is 4.79 Å². The van der Waals surface area contributed by atoms with Crippen molar-refractivity contribution in [1.29, 1.82) is 0 Å². The number of aryl methyl sites for hydroxylation is 1. The van der Waals surface area contributed by atoms with Crippen LogP contribution in [-0.4, -0.2) is 23.4 Å². The third-order valence-corrected chi connectivity index (χ3v) is 3.48. The van der Waals surface area contributed by atoms with E-state index in [-0.39, 0.29) is 17.6 Å². The first-order chi connectivity index (χ1) is 8.99. The molecule has 0 bridgehead atoms. The van der Waals surface area contributed by atoms with Gasteiger partial charge in [0.2, 0.25) is 5.91 Å². The lowest BCUT2D eigenvalue weighted by Gasteiger charge is -2.15. The molecule has 1 aromatic carbocycles. The fourth-order valence-corrected chi connectivity index (χ4v) is 2.34. The van der Waals surface area contributed by atoms with Gasteiger partial charge in [0.15, 0.2) is 0 Å². The molecule has 6 heteroatoms. The Balaban J connectivity index is 2.09. The number of amides is 1. The van der Waals surface area contributed by atoms with Crippen molar-refractivity contribution in [3.8, 4) is 0 Å². The largest absolute Gasteiger partial charge is 0.325 e. The van der Waals surface area contributed by atoms with Gasteiger partial charge in [-0.2, -0.15) is 0 Å². The summed E-state index contributed by atoms with van der Waals surface area (Å²) in [6.07, 6.45) is 0.984. The molecule has 0 aromatic heterocycles. The molecule has 1 aliphatic heterocycles. The SMILES string of the molecule is Cc1cc(NC(=O)C2NCCC2C)ccc1[N+](=O)[O-]. The monoisotopic (exact) mass is 263 g/mol. The number of hydrogen-bond donors (Lipinski definition) is 2. The molecule has 1 saturated heterocycles. The summed E-state index contributed by atoms with van der Waals surface area (Å²) in [6.45, 7) is 4.54. The summed E-state index contributed by atoms with van der Waals surface area (Å²) in [5.41, 5.74) is 1.19. The number of nitrogens with one attached hydrogen (secondary N) is 2. The van der Waals surface area contributed by atoms with Crippen molar-refractivity contribution in [2.75, 3.05) is 11.9 Å². The number of nitro groups is 1. The van der Waals surface area contributed by atoms with Crippen LogP contribution in [0.15, 0.2) is 18.2 Å². The van der Waals surface area contributed by atoms with Crippen molar-refractivity contribution >= 4 is 17.3 Å². The first-order valence-electron chi connectivity index (χ1n) is 6.28. The molecule has 1 aliphatic rings. The smallest absolute Gasteiger partial charge is 0.272 e. The van der Waals surface area contributed by atoms with Gasteiger partial charge in [-0.1, -0.05) is 6.92 Å². The molecule has 2 atom stereocenters. The predicted molar refractivity (Wildman–Crippen MR) is 72.0 cm³/mol. The fraction of sp³-hybridized carbons (Fsp3) is 0.462. The highest BCUT2D eigenvalue weighted by Crippen LogP contribution is 2.22. The molecule has 2 unspecified atom stereocenters. The minimum Gasteiger partial charge on any atom is -0.325 e. The lowest BCUT2D eigenvalue weighted by molar-refractivity contribution is -0.385. The van der Waals surface area contributed by atoms with Gasteiger partial charge in [0.1, 0.15) is 0 Å². The Morgan fingerprint density at radius 2 is 2.26 bits per heavy atom. The topological polar surface area (TPSA) is 84.3 Å². The molecule has 0 aliphatic carbocycles. The van der Waals surface area contributed by atoms with E-state index in [1.165, 1.54) is 6.07 Å². The second-order valence-corrected chi connectivity index (χ2v) is 4.95. The van der Waals surface area contributed by atoms with Gasteiger partial charge in [-0.25, -0.2) is 0 Å². The first-order valence-corrected chi connectivity index (χ1v) is 6.28. The van der Waals surface area contributed by atoms with Crippen LogP contribution in [0.5, 0.6) is 0 Å². The van der Waals surface area contributed by atoms with Gasteiger partial charge in [0, 0.05) is 17.3 Å². The molecule has 6 nitrogen and oxygen atoms in total. The van der Waals surface area contributed by atoms with E-state index in [4.69, 9.17) is 0 Å². The predicted octanol–water partition coefficient (Wildman–Crippen LogP) is 1.84. The molecular formula is C13H17N3O3. The normalized spacial score (nSPS) is 22.2. The van der Waals surface area contributed by atoms with Crippen molar-refractivity contribution in [3.05, 3.63) is 33.9 Å². The number of anilines is 1. The fourth-order valence-electron chi connectivity index (χ4n) is 2.34. The third kappa shape index (κ3) is 2.90. The molecule has 19 heavy (non-hydrogen) atoms. The maximum atomic E-state index is 12.0. The molecule has 2 N–H and O–H groups in total. The van der Waals surface area contributed by atoms with Crippen LogP contribution in [0.1, 0.15) is 18.9 Å². The summed E-state index contributed by atoms with van der Waals surface area (Å²) >= 11 is 0. The van der Waals surface area contributed by atoms with Crippen molar-refractivity contribution in [2.24, 2.45) is 5.92 Å². The van der Waals surface area contributed by atoms with Crippen molar-refractivity contribution in [3.63, 3.8) is 0 Å². The van der Waals surface area contributed by atoms with Crippen LogP contribution in [0.4, 0.5) is 11.4 Å². The average molecular weight is 263 g/mol. The Bertz CT molecular complexity index is 516. The van der Waals surface area contributed by atoms with Crippen LogP contribution < -0.4 is 10.6 Å². The molecule has 1 heterocycles. The van der Waals surface area contributed by atoms with E-state index in [2.05, 4.69) is 10.6 Å². The van der Waals surface area contributed by atoms with Crippen LogP contribution in [0, 0.1) is 23.0 Å². The lowest BCUT2D eigenvalue weighted by Crippen LogP contribution is -2.39. The van der Waals surface area contributed by atoms with Crippen LogP contribution in [0.3, 0.4) is 0 Å². The quantitative estimate of drug-likeness (QED) is 0.643. The Morgan fingerprint density at radius 1 is 1.53 bits per heavy atom. The molecule has 2 rings (SSSR count). The number of nitro benzene ring substituents is 1. The standard InChI is InChI=1S/C13H17N3O3/c1-8-5-6-14-12(8)13(17)15-10-3-4-11(16(18)19)9(2)7-10/h3-4,7-8,12,14H,5-6H2,1-2H3,(H,15,17). The molecule has 0 saturated carbocycles. The first kappa shape index (κ1) is 13.5. The minimum atomic E-state index is -0.429. The van der Waals surface area contributed by atoms with Crippen molar-refractivity contribution in [2.45, 2.75) is 26.3 Å². The number of nitrogens with zero attached hydrogens (tertiary/aromatic N) is 1. The molecule has 1 fully saturated rings. The van der Waals surface area contributed by atoms with E-state index < -0.39 is 4.92 Å². The number of rotatable bonds is 3. The van der Waals surface area contributed by atoms with Gasteiger partial charge in [-0.15, -0.1) is 0 Å². The second kappa shape index (κ2) is 5.36. The zero-order valence-corrected chi connectivity index (χ0v) is 11.0. The molecule has 1 amide bonds. The van der Waals surface area contributed by atoms with Gasteiger partial charge in [0.25, 0.3) is 5.69 Å². The number of carbonyl (C=O) groups is 1. The Labute approximate surface area is 111 Å². The summed E-state index contributed by atoms with van der Waals surface area (Å²) in [5, 5.41) is 16.7.